The number of piperidine rings is 1. The molecule has 1 saturated heterocycles. The zero-order chi connectivity index (χ0) is 26.5. The van der Waals surface area contributed by atoms with E-state index in [1.54, 1.807) is 15.6 Å². The van der Waals surface area contributed by atoms with Crippen LogP contribution in [0.5, 0.6) is 5.19 Å². The molecule has 0 aliphatic carbocycles. The first-order valence-corrected chi connectivity index (χ1v) is 16.1. The first-order chi connectivity index (χ1) is 18.4. The lowest BCUT2D eigenvalue weighted by Crippen LogP contribution is -2.36. The Balaban J connectivity index is 1.14. The van der Waals surface area contributed by atoms with Crippen molar-refractivity contribution in [1.82, 2.24) is 19.3 Å². The summed E-state index contributed by atoms with van der Waals surface area (Å²) in [5.74, 6) is 1.54. The Hall–Kier alpha value is -2.56. The van der Waals surface area contributed by atoms with Crippen molar-refractivity contribution in [3.63, 3.8) is 0 Å². The minimum absolute atomic E-state index is 0.215. The number of aryl methyl sites for hydroxylation is 1. The molecule has 0 atom stereocenters. The molecule has 1 fully saturated rings. The molecule has 204 valence electrons. The molecule has 38 heavy (non-hydrogen) atoms. The molecule has 0 radical (unpaired) electrons. The third kappa shape index (κ3) is 6.35. The van der Waals surface area contributed by atoms with Crippen LogP contribution >= 0.6 is 11.3 Å². The monoisotopic (exact) mass is 555 g/mol. The summed E-state index contributed by atoms with van der Waals surface area (Å²) in [6, 6.07) is 6.28. The number of anilines is 1. The van der Waals surface area contributed by atoms with E-state index in [2.05, 4.69) is 33.9 Å². The van der Waals surface area contributed by atoms with E-state index in [4.69, 9.17) is 9.72 Å². The summed E-state index contributed by atoms with van der Waals surface area (Å²) in [5.41, 5.74) is 4.47. The number of ether oxygens (including phenoxy) is 1. The Morgan fingerprint density at radius 3 is 2.55 bits per heavy atom. The summed E-state index contributed by atoms with van der Waals surface area (Å²) < 4.78 is 33.6. The van der Waals surface area contributed by atoms with Crippen molar-refractivity contribution in [2.24, 2.45) is 5.92 Å². The summed E-state index contributed by atoms with van der Waals surface area (Å²) in [7, 11) is -3.15. The van der Waals surface area contributed by atoms with Gasteiger partial charge >= 0.3 is 0 Å². The lowest BCUT2D eigenvalue weighted by Gasteiger charge is -2.31. The second kappa shape index (κ2) is 12.1. The average Bonchev–Trinajstić information content (AvgIpc) is 3.35. The number of hydrogen-bond donors (Lipinski definition) is 0. The molecule has 0 amide bonds. The number of nitrogens with zero attached hydrogens (tertiary/aromatic N) is 5. The van der Waals surface area contributed by atoms with E-state index < -0.39 is 10.0 Å². The van der Waals surface area contributed by atoms with Crippen LogP contribution in [0.1, 0.15) is 57.1 Å². The van der Waals surface area contributed by atoms with E-state index in [1.807, 2.05) is 31.5 Å². The van der Waals surface area contributed by atoms with Crippen molar-refractivity contribution in [2.75, 3.05) is 43.4 Å². The van der Waals surface area contributed by atoms with E-state index in [1.165, 1.54) is 11.1 Å². The molecule has 1 aromatic carbocycles. The van der Waals surface area contributed by atoms with Crippen molar-refractivity contribution >= 4 is 43.1 Å². The van der Waals surface area contributed by atoms with Gasteiger partial charge < -0.3 is 9.64 Å². The fourth-order valence-electron chi connectivity index (χ4n) is 5.14. The largest absolute Gasteiger partial charge is 0.470 e. The predicted octanol–water partition coefficient (Wildman–Crippen LogP) is 5.16. The molecule has 2 aliphatic rings. The van der Waals surface area contributed by atoms with Gasteiger partial charge in [-0.25, -0.2) is 23.4 Å². The standard InChI is InChI=1S/C28H37N5O3S2/c1-3-5-22-18-29-27(30-19-22)32-12-8-21(9-13-32)20-36-28-31-25-7-6-24(17-26(25)37-28)23-10-14-33(15-11-23)38(34,35)16-4-2/h6-7,10,17-19,21H,3-5,8-9,11-16,20H2,1-2H3. The molecule has 0 unspecified atom stereocenters. The van der Waals surface area contributed by atoms with Crippen molar-refractivity contribution in [2.45, 2.75) is 52.4 Å². The zero-order valence-corrected chi connectivity index (χ0v) is 23.9. The van der Waals surface area contributed by atoms with E-state index in [9.17, 15) is 8.42 Å². The summed E-state index contributed by atoms with van der Waals surface area (Å²) in [6.07, 6.45) is 11.6. The van der Waals surface area contributed by atoms with Gasteiger partial charge in [0.15, 0.2) is 0 Å². The van der Waals surface area contributed by atoms with Crippen LogP contribution in [0.25, 0.3) is 15.8 Å². The lowest BCUT2D eigenvalue weighted by atomic mass is 9.98. The van der Waals surface area contributed by atoms with E-state index >= 15 is 0 Å². The van der Waals surface area contributed by atoms with Crippen LogP contribution in [0.2, 0.25) is 0 Å². The van der Waals surface area contributed by atoms with Crippen molar-refractivity contribution in [3.8, 4) is 5.19 Å². The predicted molar refractivity (Wildman–Crippen MR) is 154 cm³/mol. The first-order valence-electron chi connectivity index (χ1n) is 13.7. The van der Waals surface area contributed by atoms with Gasteiger partial charge in [-0.3, -0.25) is 0 Å². The van der Waals surface area contributed by atoms with Gasteiger partial charge in [0.25, 0.3) is 5.19 Å². The highest BCUT2D eigenvalue weighted by Gasteiger charge is 2.24. The normalized spacial score (nSPS) is 17.6. The summed E-state index contributed by atoms with van der Waals surface area (Å²) >= 11 is 1.58. The molecule has 10 heteroatoms. The van der Waals surface area contributed by atoms with Gasteiger partial charge in [-0.05, 0) is 66.9 Å². The van der Waals surface area contributed by atoms with Crippen LogP contribution in [0.3, 0.4) is 0 Å². The molecule has 3 aromatic rings. The van der Waals surface area contributed by atoms with Gasteiger partial charge in [-0.1, -0.05) is 43.7 Å². The number of fused-ring (bicyclic) bond motifs is 1. The van der Waals surface area contributed by atoms with E-state index in [0.29, 0.717) is 37.2 Å². The number of sulfonamides is 1. The Morgan fingerprint density at radius 1 is 1.08 bits per heavy atom. The number of thiazole rings is 1. The Kier molecular flexibility index (Phi) is 8.60. The molecule has 2 aromatic heterocycles. The maximum atomic E-state index is 12.4. The molecule has 2 aliphatic heterocycles. The quantitative estimate of drug-likeness (QED) is 0.341. The fourth-order valence-corrected chi connectivity index (χ4v) is 7.44. The fraction of sp³-hybridized carbons (Fsp3) is 0.536. The van der Waals surface area contributed by atoms with Crippen LogP contribution in [0, 0.1) is 5.92 Å². The van der Waals surface area contributed by atoms with Crippen LogP contribution in [-0.2, 0) is 16.4 Å². The van der Waals surface area contributed by atoms with Gasteiger partial charge in [0.05, 0.1) is 22.6 Å². The SMILES string of the molecule is CCCc1cnc(N2CCC(COc3nc4ccc(C5=CCN(S(=O)(=O)CCC)CC5)cc4s3)CC2)nc1. The number of aromatic nitrogens is 3. The smallest absolute Gasteiger partial charge is 0.274 e. The van der Waals surface area contributed by atoms with Gasteiger partial charge in [0.2, 0.25) is 16.0 Å². The molecule has 0 N–H and O–H groups in total. The van der Waals surface area contributed by atoms with Crippen molar-refractivity contribution < 1.29 is 13.2 Å². The Morgan fingerprint density at radius 2 is 1.87 bits per heavy atom. The molecule has 8 nitrogen and oxygen atoms in total. The van der Waals surface area contributed by atoms with Crippen LogP contribution in [-0.4, -0.2) is 66.2 Å². The molecule has 0 spiro atoms. The third-order valence-corrected chi connectivity index (χ3v) is 10.3. The van der Waals surface area contributed by atoms with E-state index in [0.717, 1.165) is 66.9 Å². The topological polar surface area (TPSA) is 88.5 Å². The number of rotatable bonds is 10. The summed E-state index contributed by atoms with van der Waals surface area (Å²) in [6.45, 7) is 7.61. The van der Waals surface area contributed by atoms with Crippen LogP contribution in [0.4, 0.5) is 5.95 Å². The Bertz CT molecular complexity index is 1360. The number of benzene rings is 1. The maximum absolute atomic E-state index is 12.4. The maximum Gasteiger partial charge on any atom is 0.274 e. The van der Waals surface area contributed by atoms with Gasteiger partial charge in [0, 0.05) is 38.6 Å². The minimum Gasteiger partial charge on any atom is -0.470 e. The highest BCUT2D eigenvalue weighted by molar-refractivity contribution is 7.89. The molecule has 5 rings (SSSR count). The summed E-state index contributed by atoms with van der Waals surface area (Å²) in [4.78, 5) is 16.1. The zero-order valence-electron chi connectivity index (χ0n) is 22.3. The summed E-state index contributed by atoms with van der Waals surface area (Å²) in [5, 5.41) is 0.712. The highest BCUT2D eigenvalue weighted by Crippen LogP contribution is 2.33. The molecule has 0 bridgehead atoms. The van der Waals surface area contributed by atoms with Crippen molar-refractivity contribution in [3.05, 3.63) is 47.8 Å². The second-order valence-electron chi connectivity index (χ2n) is 10.2. The number of hydrogen-bond acceptors (Lipinski definition) is 8. The first kappa shape index (κ1) is 27.0. The molecule has 4 heterocycles. The van der Waals surface area contributed by atoms with Crippen LogP contribution < -0.4 is 9.64 Å². The van der Waals surface area contributed by atoms with Crippen LogP contribution in [0.15, 0.2) is 36.7 Å². The molecular weight excluding hydrogens is 518 g/mol. The third-order valence-electron chi connectivity index (χ3n) is 7.34. The van der Waals surface area contributed by atoms with Gasteiger partial charge in [-0.2, -0.15) is 4.31 Å². The van der Waals surface area contributed by atoms with E-state index in [-0.39, 0.29) is 5.75 Å². The lowest BCUT2D eigenvalue weighted by molar-refractivity contribution is 0.222. The Labute approximate surface area is 229 Å². The average molecular weight is 556 g/mol. The molecular formula is C28H37N5O3S2. The minimum atomic E-state index is -3.15. The molecule has 0 saturated carbocycles. The van der Waals surface area contributed by atoms with Crippen molar-refractivity contribution in [1.29, 1.82) is 0 Å². The van der Waals surface area contributed by atoms with Gasteiger partial charge in [0.1, 0.15) is 0 Å². The van der Waals surface area contributed by atoms with Gasteiger partial charge in [-0.15, -0.1) is 0 Å². The second-order valence-corrected chi connectivity index (χ2v) is 13.3. The highest BCUT2D eigenvalue weighted by atomic mass is 32.2.